The maximum Gasteiger partial charge on any atom is 0.0810 e. The molecule has 0 saturated carbocycles. The van der Waals surface area contributed by atoms with Crippen LogP contribution in [0.4, 0.5) is 0 Å². The molecule has 0 aliphatic rings. The van der Waals surface area contributed by atoms with Gasteiger partial charge in [-0.1, -0.05) is 19.8 Å². The van der Waals surface area contributed by atoms with Crippen molar-refractivity contribution in [1.82, 2.24) is 0 Å². The fourth-order valence-corrected chi connectivity index (χ4v) is 1.41. The zero-order valence-electron chi connectivity index (χ0n) is 10.7. The Labute approximate surface area is 98.6 Å². The van der Waals surface area contributed by atoms with Crippen molar-refractivity contribution in [2.75, 3.05) is 19.8 Å². The zero-order chi connectivity index (χ0) is 12.4. The molecule has 0 aliphatic carbocycles. The normalized spacial score (nSPS) is 17.1. The quantitative estimate of drug-likeness (QED) is 0.599. The average Bonchev–Trinajstić information content (AvgIpc) is 2.23. The van der Waals surface area contributed by atoms with Gasteiger partial charge in [-0.3, -0.25) is 0 Å². The summed E-state index contributed by atoms with van der Waals surface area (Å²) in [5.41, 5.74) is 0. The van der Waals surface area contributed by atoms with Crippen molar-refractivity contribution in [3.63, 3.8) is 0 Å². The molecule has 0 aromatic rings. The van der Waals surface area contributed by atoms with Gasteiger partial charge in [0.2, 0.25) is 0 Å². The van der Waals surface area contributed by atoms with Crippen molar-refractivity contribution in [3.05, 3.63) is 0 Å². The highest BCUT2D eigenvalue weighted by Gasteiger charge is 2.12. The molecule has 0 aromatic carbocycles. The molecule has 16 heavy (non-hydrogen) atoms. The van der Waals surface area contributed by atoms with E-state index in [9.17, 15) is 0 Å². The number of unbranched alkanes of at least 4 members (excludes halogenated alkanes) is 1. The van der Waals surface area contributed by atoms with Gasteiger partial charge in [-0.05, 0) is 20.3 Å². The van der Waals surface area contributed by atoms with Crippen LogP contribution in [0, 0.1) is 0 Å². The van der Waals surface area contributed by atoms with Crippen LogP contribution in [-0.4, -0.2) is 48.3 Å². The van der Waals surface area contributed by atoms with Gasteiger partial charge < -0.3 is 19.7 Å². The lowest BCUT2D eigenvalue weighted by Gasteiger charge is -2.21. The summed E-state index contributed by atoms with van der Waals surface area (Å²) in [5.74, 6) is 0. The summed E-state index contributed by atoms with van der Waals surface area (Å²) in [6.45, 7) is 6.55. The molecule has 4 heteroatoms. The van der Waals surface area contributed by atoms with Crippen molar-refractivity contribution >= 4 is 0 Å². The molecule has 0 aromatic heterocycles. The van der Waals surface area contributed by atoms with Gasteiger partial charge in [0.1, 0.15) is 0 Å². The highest BCUT2D eigenvalue weighted by Crippen LogP contribution is 2.07. The van der Waals surface area contributed by atoms with Crippen LogP contribution >= 0.6 is 0 Å². The van der Waals surface area contributed by atoms with Crippen LogP contribution < -0.4 is 0 Å². The average molecular weight is 234 g/mol. The molecule has 0 heterocycles. The van der Waals surface area contributed by atoms with Crippen molar-refractivity contribution in [1.29, 1.82) is 0 Å². The SMILES string of the molecule is CCCCC(CO)OC(C)COCC(C)O. The lowest BCUT2D eigenvalue weighted by atomic mass is 10.2. The fourth-order valence-electron chi connectivity index (χ4n) is 1.41. The summed E-state index contributed by atoms with van der Waals surface area (Å²) in [6.07, 6.45) is 2.46. The molecule has 0 bridgehead atoms. The first-order chi connectivity index (χ1) is 7.60. The van der Waals surface area contributed by atoms with Gasteiger partial charge in [0.15, 0.2) is 0 Å². The van der Waals surface area contributed by atoms with Gasteiger partial charge in [-0.2, -0.15) is 0 Å². The van der Waals surface area contributed by atoms with Crippen LogP contribution in [0.3, 0.4) is 0 Å². The summed E-state index contributed by atoms with van der Waals surface area (Å²) < 4.78 is 10.9. The van der Waals surface area contributed by atoms with E-state index in [2.05, 4.69) is 6.92 Å². The molecule has 0 amide bonds. The maximum absolute atomic E-state index is 9.11. The third kappa shape index (κ3) is 9.09. The molecule has 0 radical (unpaired) electrons. The van der Waals surface area contributed by atoms with Crippen molar-refractivity contribution in [3.8, 4) is 0 Å². The topological polar surface area (TPSA) is 58.9 Å². The minimum atomic E-state index is -0.444. The smallest absolute Gasteiger partial charge is 0.0810 e. The Morgan fingerprint density at radius 2 is 1.88 bits per heavy atom. The minimum absolute atomic E-state index is 0.0484. The summed E-state index contributed by atoms with van der Waals surface area (Å²) in [5, 5.41) is 18.1. The molecule has 4 nitrogen and oxygen atoms in total. The number of ether oxygens (including phenoxy) is 2. The molecule has 3 unspecified atom stereocenters. The predicted octanol–water partition coefficient (Wildman–Crippen LogP) is 1.34. The van der Waals surface area contributed by atoms with Gasteiger partial charge in [-0.25, -0.2) is 0 Å². The number of hydrogen-bond acceptors (Lipinski definition) is 4. The summed E-state index contributed by atoms with van der Waals surface area (Å²) >= 11 is 0. The standard InChI is InChI=1S/C12H26O4/c1-4-5-6-12(7-13)16-11(3)9-15-8-10(2)14/h10-14H,4-9H2,1-3H3. The van der Waals surface area contributed by atoms with E-state index in [1.807, 2.05) is 6.92 Å². The number of hydrogen-bond donors (Lipinski definition) is 2. The van der Waals surface area contributed by atoms with Crippen LogP contribution in [-0.2, 0) is 9.47 Å². The second-order valence-corrected chi connectivity index (χ2v) is 4.28. The Morgan fingerprint density at radius 3 is 2.38 bits per heavy atom. The van der Waals surface area contributed by atoms with Gasteiger partial charge in [0, 0.05) is 0 Å². The fraction of sp³-hybridized carbons (Fsp3) is 1.00. The zero-order valence-corrected chi connectivity index (χ0v) is 10.7. The van der Waals surface area contributed by atoms with Crippen LogP contribution in [0.1, 0.15) is 40.0 Å². The van der Waals surface area contributed by atoms with Crippen molar-refractivity contribution < 1.29 is 19.7 Å². The molecular formula is C12H26O4. The van der Waals surface area contributed by atoms with E-state index in [1.54, 1.807) is 6.92 Å². The van der Waals surface area contributed by atoms with Crippen LogP contribution in [0.15, 0.2) is 0 Å². The Morgan fingerprint density at radius 1 is 1.19 bits per heavy atom. The maximum atomic E-state index is 9.11. The minimum Gasteiger partial charge on any atom is -0.394 e. The van der Waals surface area contributed by atoms with Gasteiger partial charge >= 0.3 is 0 Å². The molecule has 98 valence electrons. The first-order valence-corrected chi connectivity index (χ1v) is 6.12. The lowest BCUT2D eigenvalue weighted by molar-refractivity contribution is -0.0771. The van der Waals surface area contributed by atoms with E-state index in [4.69, 9.17) is 19.7 Å². The first-order valence-electron chi connectivity index (χ1n) is 6.12. The molecule has 0 saturated heterocycles. The van der Waals surface area contributed by atoms with E-state index in [0.29, 0.717) is 13.2 Å². The molecule has 3 atom stereocenters. The van der Waals surface area contributed by atoms with E-state index in [0.717, 1.165) is 19.3 Å². The Balaban J connectivity index is 3.60. The third-order valence-electron chi connectivity index (χ3n) is 2.22. The summed E-state index contributed by atoms with van der Waals surface area (Å²) in [4.78, 5) is 0. The van der Waals surface area contributed by atoms with E-state index < -0.39 is 6.10 Å². The summed E-state index contributed by atoms with van der Waals surface area (Å²) in [6, 6.07) is 0. The Hall–Kier alpha value is -0.160. The predicted molar refractivity (Wildman–Crippen MR) is 63.4 cm³/mol. The third-order valence-corrected chi connectivity index (χ3v) is 2.22. The molecule has 0 fully saturated rings. The number of aliphatic hydroxyl groups excluding tert-OH is 2. The van der Waals surface area contributed by atoms with Crippen molar-refractivity contribution in [2.24, 2.45) is 0 Å². The highest BCUT2D eigenvalue weighted by atomic mass is 16.5. The molecular weight excluding hydrogens is 208 g/mol. The lowest BCUT2D eigenvalue weighted by Crippen LogP contribution is -2.27. The van der Waals surface area contributed by atoms with E-state index >= 15 is 0 Å². The van der Waals surface area contributed by atoms with Gasteiger partial charge in [0.05, 0.1) is 38.1 Å². The molecule has 0 aliphatic heterocycles. The molecule has 0 spiro atoms. The largest absolute Gasteiger partial charge is 0.394 e. The number of aliphatic hydroxyl groups is 2. The van der Waals surface area contributed by atoms with Crippen LogP contribution in [0.5, 0.6) is 0 Å². The second kappa shape index (κ2) is 10.0. The van der Waals surface area contributed by atoms with Crippen molar-refractivity contribution in [2.45, 2.75) is 58.3 Å². The first kappa shape index (κ1) is 15.8. The Bertz CT molecular complexity index is 150. The monoisotopic (exact) mass is 234 g/mol. The van der Waals surface area contributed by atoms with E-state index in [1.165, 1.54) is 0 Å². The molecule has 0 rings (SSSR count). The van der Waals surface area contributed by atoms with Crippen LogP contribution in [0.2, 0.25) is 0 Å². The number of rotatable bonds is 10. The van der Waals surface area contributed by atoms with Gasteiger partial charge in [-0.15, -0.1) is 0 Å². The van der Waals surface area contributed by atoms with E-state index in [-0.39, 0.29) is 18.8 Å². The molecule has 2 N–H and O–H groups in total. The van der Waals surface area contributed by atoms with Crippen LogP contribution in [0.25, 0.3) is 0 Å². The highest BCUT2D eigenvalue weighted by molar-refractivity contribution is 4.59. The Kier molecular flexibility index (Phi) is 9.92. The van der Waals surface area contributed by atoms with Gasteiger partial charge in [0.25, 0.3) is 0 Å². The summed E-state index contributed by atoms with van der Waals surface area (Å²) in [7, 11) is 0. The second-order valence-electron chi connectivity index (χ2n) is 4.28.